The Bertz CT molecular complexity index is 422. The summed E-state index contributed by atoms with van der Waals surface area (Å²) in [6.07, 6.45) is 1.86. The Morgan fingerprint density at radius 3 is 2.67 bits per heavy atom. The SMILES string of the molecule is C=N/C(=N\C1=C(C)C(=O)N(CC(C)(C)O)C1)SC. The van der Waals surface area contributed by atoms with E-state index >= 15 is 0 Å². The summed E-state index contributed by atoms with van der Waals surface area (Å²) >= 11 is 1.38. The number of β-amino-alcohol motifs (C(OH)–C–C–N with tert-alkyl or cyclic N) is 1. The van der Waals surface area contributed by atoms with E-state index in [1.165, 1.54) is 11.8 Å². The van der Waals surface area contributed by atoms with Crippen LogP contribution in [0.2, 0.25) is 0 Å². The van der Waals surface area contributed by atoms with Crippen LogP contribution in [-0.4, -0.2) is 52.7 Å². The molecule has 0 aliphatic carbocycles. The highest BCUT2D eigenvalue weighted by molar-refractivity contribution is 8.13. The molecule has 18 heavy (non-hydrogen) atoms. The summed E-state index contributed by atoms with van der Waals surface area (Å²) in [6, 6.07) is 0. The maximum Gasteiger partial charge on any atom is 0.251 e. The minimum Gasteiger partial charge on any atom is -0.389 e. The molecule has 5 nitrogen and oxygen atoms in total. The Hall–Kier alpha value is -1.14. The van der Waals surface area contributed by atoms with Gasteiger partial charge in [0.1, 0.15) is 0 Å². The monoisotopic (exact) mass is 269 g/mol. The molecule has 0 aromatic carbocycles. The van der Waals surface area contributed by atoms with Gasteiger partial charge in [0, 0.05) is 12.1 Å². The van der Waals surface area contributed by atoms with E-state index in [9.17, 15) is 9.90 Å². The van der Waals surface area contributed by atoms with Crippen molar-refractivity contribution in [2.24, 2.45) is 9.98 Å². The molecule has 0 radical (unpaired) electrons. The van der Waals surface area contributed by atoms with Gasteiger partial charge >= 0.3 is 0 Å². The maximum atomic E-state index is 12.0. The van der Waals surface area contributed by atoms with Crippen LogP contribution >= 0.6 is 11.8 Å². The number of rotatable bonds is 3. The number of amidine groups is 1. The van der Waals surface area contributed by atoms with E-state index in [1.54, 1.807) is 25.7 Å². The van der Waals surface area contributed by atoms with Crippen LogP contribution < -0.4 is 0 Å². The fraction of sp³-hybridized carbons (Fsp3) is 0.583. The van der Waals surface area contributed by atoms with Gasteiger partial charge < -0.3 is 10.0 Å². The number of carbonyl (C=O) groups is 1. The minimum atomic E-state index is -0.909. The lowest BCUT2D eigenvalue weighted by atomic mass is 10.1. The second-order valence-corrected chi connectivity index (χ2v) is 5.58. The van der Waals surface area contributed by atoms with Crippen molar-refractivity contribution in [3.05, 3.63) is 11.3 Å². The molecule has 1 rings (SSSR count). The van der Waals surface area contributed by atoms with E-state index in [4.69, 9.17) is 0 Å². The van der Waals surface area contributed by atoms with Crippen LogP contribution in [0.4, 0.5) is 0 Å². The van der Waals surface area contributed by atoms with Crippen LogP contribution in [0.25, 0.3) is 0 Å². The van der Waals surface area contributed by atoms with Crippen molar-refractivity contribution in [3.8, 4) is 0 Å². The van der Waals surface area contributed by atoms with Crippen molar-refractivity contribution < 1.29 is 9.90 Å². The van der Waals surface area contributed by atoms with Gasteiger partial charge in [0.25, 0.3) is 5.91 Å². The quantitative estimate of drug-likeness (QED) is 0.620. The zero-order valence-electron chi connectivity index (χ0n) is 11.2. The Kier molecular flexibility index (Phi) is 4.70. The van der Waals surface area contributed by atoms with Gasteiger partial charge in [-0.25, -0.2) is 9.98 Å². The molecule has 1 aliphatic heterocycles. The molecule has 0 fully saturated rings. The lowest BCUT2D eigenvalue weighted by molar-refractivity contribution is -0.128. The van der Waals surface area contributed by atoms with Crippen molar-refractivity contribution in [2.45, 2.75) is 26.4 Å². The third kappa shape index (κ3) is 3.68. The van der Waals surface area contributed by atoms with Gasteiger partial charge in [0.15, 0.2) is 5.17 Å². The molecule has 0 bridgehead atoms. The Morgan fingerprint density at radius 1 is 1.61 bits per heavy atom. The molecular formula is C12H19N3O2S. The van der Waals surface area contributed by atoms with Gasteiger partial charge in [-0.15, -0.1) is 0 Å². The van der Waals surface area contributed by atoms with E-state index in [-0.39, 0.29) is 12.5 Å². The lowest BCUT2D eigenvalue weighted by Gasteiger charge is -2.25. The molecule has 1 aliphatic rings. The highest BCUT2D eigenvalue weighted by Crippen LogP contribution is 2.22. The summed E-state index contributed by atoms with van der Waals surface area (Å²) in [5, 5.41) is 10.3. The largest absolute Gasteiger partial charge is 0.389 e. The number of aliphatic hydroxyl groups is 1. The number of hydrogen-bond acceptors (Lipinski definition) is 4. The van der Waals surface area contributed by atoms with Gasteiger partial charge in [-0.3, -0.25) is 4.79 Å². The molecule has 0 unspecified atom stereocenters. The maximum absolute atomic E-state index is 12.0. The Morgan fingerprint density at radius 2 is 2.22 bits per heavy atom. The van der Waals surface area contributed by atoms with Crippen molar-refractivity contribution in [3.63, 3.8) is 0 Å². The van der Waals surface area contributed by atoms with Crippen molar-refractivity contribution in [1.29, 1.82) is 0 Å². The molecule has 1 heterocycles. The summed E-state index contributed by atoms with van der Waals surface area (Å²) in [5.41, 5.74) is 0.393. The van der Waals surface area contributed by atoms with Gasteiger partial charge in [0.05, 0.1) is 17.8 Å². The molecule has 6 heteroatoms. The minimum absolute atomic E-state index is 0.0830. The van der Waals surface area contributed by atoms with Crippen LogP contribution in [0, 0.1) is 0 Å². The highest BCUT2D eigenvalue weighted by Gasteiger charge is 2.31. The first-order valence-corrected chi connectivity index (χ1v) is 6.82. The van der Waals surface area contributed by atoms with Crippen LogP contribution in [0.15, 0.2) is 21.3 Å². The molecule has 0 aromatic heterocycles. The van der Waals surface area contributed by atoms with Crippen molar-refractivity contribution in [1.82, 2.24) is 4.90 Å². The van der Waals surface area contributed by atoms with Crippen LogP contribution in [0.1, 0.15) is 20.8 Å². The molecule has 0 saturated heterocycles. The first-order valence-electron chi connectivity index (χ1n) is 5.59. The average Bonchev–Trinajstić information content (AvgIpc) is 2.52. The Balaban J connectivity index is 2.88. The van der Waals surface area contributed by atoms with Crippen LogP contribution in [0.5, 0.6) is 0 Å². The molecule has 0 saturated carbocycles. The van der Waals surface area contributed by atoms with Gasteiger partial charge in [-0.2, -0.15) is 0 Å². The number of amides is 1. The topological polar surface area (TPSA) is 65.3 Å². The fourth-order valence-corrected chi connectivity index (χ4v) is 2.04. The molecule has 100 valence electrons. The molecule has 1 amide bonds. The van der Waals surface area contributed by atoms with Crippen molar-refractivity contribution >= 4 is 29.6 Å². The average molecular weight is 269 g/mol. The normalized spacial score (nSPS) is 17.7. The van der Waals surface area contributed by atoms with Gasteiger partial charge in [-0.1, -0.05) is 11.8 Å². The summed E-state index contributed by atoms with van der Waals surface area (Å²) in [5.74, 6) is -0.0830. The number of carbonyl (C=O) groups excluding carboxylic acids is 1. The summed E-state index contributed by atoms with van der Waals surface area (Å²) in [7, 11) is 0. The number of nitrogens with zero attached hydrogens (tertiary/aromatic N) is 3. The summed E-state index contributed by atoms with van der Waals surface area (Å²) in [6.45, 7) is 9.23. The lowest BCUT2D eigenvalue weighted by Crippen LogP contribution is -2.40. The van der Waals surface area contributed by atoms with E-state index in [0.29, 0.717) is 23.0 Å². The summed E-state index contributed by atoms with van der Waals surface area (Å²) in [4.78, 5) is 21.7. The van der Waals surface area contributed by atoms with E-state index in [2.05, 4.69) is 16.7 Å². The van der Waals surface area contributed by atoms with Gasteiger partial charge in [0.2, 0.25) is 0 Å². The Labute approximate surface area is 112 Å². The van der Waals surface area contributed by atoms with E-state index in [1.807, 2.05) is 6.26 Å². The second kappa shape index (κ2) is 5.67. The van der Waals surface area contributed by atoms with Crippen LogP contribution in [-0.2, 0) is 4.79 Å². The zero-order chi connectivity index (χ0) is 13.9. The van der Waals surface area contributed by atoms with Crippen molar-refractivity contribution in [2.75, 3.05) is 19.3 Å². The smallest absolute Gasteiger partial charge is 0.251 e. The first kappa shape index (κ1) is 14.9. The fourth-order valence-electron chi connectivity index (χ4n) is 1.71. The molecule has 1 N–H and O–H groups in total. The third-order valence-electron chi connectivity index (χ3n) is 2.51. The number of thioether (sulfide) groups is 1. The molecular weight excluding hydrogens is 250 g/mol. The third-order valence-corrected chi connectivity index (χ3v) is 3.09. The van der Waals surface area contributed by atoms with E-state index < -0.39 is 5.60 Å². The summed E-state index contributed by atoms with van der Waals surface area (Å²) < 4.78 is 0. The first-order chi connectivity index (χ1) is 8.28. The van der Waals surface area contributed by atoms with Crippen LogP contribution in [0.3, 0.4) is 0 Å². The zero-order valence-corrected chi connectivity index (χ0v) is 12.0. The molecule has 0 aromatic rings. The van der Waals surface area contributed by atoms with Gasteiger partial charge in [-0.05, 0) is 33.7 Å². The number of hydrogen-bond donors (Lipinski definition) is 1. The second-order valence-electron chi connectivity index (χ2n) is 4.80. The predicted octanol–water partition coefficient (Wildman–Crippen LogP) is 1.29. The molecule has 0 atom stereocenters. The standard InChI is InChI=1S/C12H19N3O2S/c1-8-9(14-11(13-4)18-5)6-15(10(8)16)7-12(2,3)17/h17H,4,6-7H2,1-3,5H3/b14-11+. The van der Waals surface area contributed by atoms with E-state index in [0.717, 1.165) is 0 Å². The predicted molar refractivity (Wildman–Crippen MR) is 76.1 cm³/mol. The number of aliphatic imine (C=N–C) groups is 2. The highest BCUT2D eigenvalue weighted by atomic mass is 32.2. The molecule has 0 spiro atoms.